The van der Waals surface area contributed by atoms with Crippen LogP contribution in [-0.4, -0.2) is 39.4 Å². The molecule has 1 aromatic carbocycles. The number of halogens is 1. The van der Waals surface area contributed by atoms with E-state index in [1.807, 2.05) is 24.3 Å². The van der Waals surface area contributed by atoms with Crippen LogP contribution in [-0.2, 0) is 4.79 Å². The first kappa shape index (κ1) is 17.3. The van der Waals surface area contributed by atoms with Crippen molar-refractivity contribution >= 4 is 34.2 Å². The molecule has 6 nitrogen and oxygen atoms in total. The molecule has 3 heterocycles. The van der Waals surface area contributed by atoms with Gasteiger partial charge in [0.1, 0.15) is 17.3 Å². The maximum absolute atomic E-state index is 12.0. The summed E-state index contributed by atoms with van der Waals surface area (Å²) in [6.45, 7) is 0.751. The van der Waals surface area contributed by atoms with E-state index in [1.54, 1.807) is 18.1 Å². The van der Waals surface area contributed by atoms with Crippen LogP contribution in [0.25, 0.3) is 22.3 Å². The van der Waals surface area contributed by atoms with Crippen molar-refractivity contribution in [2.45, 2.75) is 6.42 Å². The number of hydrogen-bond donors (Lipinski definition) is 1. The van der Waals surface area contributed by atoms with Crippen LogP contribution >= 0.6 is 11.6 Å². The molecule has 2 N–H and O–H groups in total. The predicted octanol–water partition coefficient (Wildman–Crippen LogP) is 2.76. The van der Waals surface area contributed by atoms with Crippen LogP contribution in [0.2, 0.25) is 5.02 Å². The van der Waals surface area contributed by atoms with Gasteiger partial charge in [0.15, 0.2) is 5.82 Å². The smallest absolute Gasteiger partial charge is 0.237 e. The van der Waals surface area contributed by atoms with Gasteiger partial charge >= 0.3 is 0 Å². The second kappa shape index (κ2) is 6.86. The first-order valence-electron chi connectivity index (χ1n) is 8.46. The molecule has 1 aliphatic rings. The molecule has 1 saturated heterocycles. The lowest BCUT2D eigenvalue weighted by Gasteiger charge is -2.06. The van der Waals surface area contributed by atoms with Crippen molar-refractivity contribution in [3.63, 3.8) is 0 Å². The Morgan fingerprint density at radius 3 is 2.93 bits per heavy atom. The summed E-state index contributed by atoms with van der Waals surface area (Å²) in [5.74, 6) is 6.83. The number of nitrogens with zero attached hydrogens (tertiary/aromatic N) is 4. The standard InChI is InChI=1S/C20H16ClN5O/c1-26-8-7-13(20(26)27)6-5-12-3-2-4-14(9-12)19-24-10-15-16(21)11-23-18(22)17(15)25-19/h2-4,9-11,13H,7-8H2,1H3,(H2,22,23)/t13-/m1/s1. The van der Waals surface area contributed by atoms with Crippen molar-refractivity contribution in [2.75, 3.05) is 19.3 Å². The second-order valence-electron chi connectivity index (χ2n) is 6.40. The number of rotatable bonds is 1. The molecule has 0 unspecified atom stereocenters. The van der Waals surface area contributed by atoms with Gasteiger partial charge in [0.2, 0.25) is 5.91 Å². The summed E-state index contributed by atoms with van der Waals surface area (Å²) in [7, 11) is 1.80. The van der Waals surface area contributed by atoms with Gasteiger partial charge in [0.25, 0.3) is 0 Å². The molecule has 3 aromatic rings. The van der Waals surface area contributed by atoms with Gasteiger partial charge in [-0.15, -0.1) is 0 Å². The molecular formula is C20H16ClN5O. The number of fused-ring (bicyclic) bond motifs is 1. The van der Waals surface area contributed by atoms with Gasteiger partial charge in [0, 0.05) is 42.5 Å². The van der Waals surface area contributed by atoms with Crippen LogP contribution in [0.5, 0.6) is 0 Å². The summed E-state index contributed by atoms with van der Waals surface area (Å²) in [5.41, 5.74) is 8.05. The molecule has 0 radical (unpaired) electrons. The number of aromatic nitrogens is 3. The summed E-state index contributed by atoms with van der Waals surface area (Å²) < 4.78 is 0. The average molecular weight is 378 g/mol. The molecule has 1 aliphatic heterocycles. The average Bonchev–Trinajstić information content (AvgIpc) is 3.01. The largest absolute Gasteiger partial charge is 0.382 e. The highest BCUT2D eigenvalue weighted by molar-refractivity contribution is 6.35. The Morgan fingerprint density at radius 1 is 1.30 bits per heavy atom. The molecule has 2 aromatic heterocycles. The minimum atomic E-state index is -0.233. The molecule has 0 spiro atoms. The Morgan fingerprint density at radius 2 is 2.15 bits per heavy atom. The van der Waals surface area contributed by atoms with E-state index in [0.717, 1.165) is 24.1 Å². The molecule has 0 saturated carbocycles. The number of nitrogen functional groups attached to an aromatic ring is 1. The van der Waals surface area contributed by atoms with Crippen LogP contribution < -0.4 is 5.73 Å². The van der Waals surface area contributed by atoms with Crippen LogP contribution in [0.15, 0.2) is 36.7 Å². The fourth-order valence-corrected chi connectivity index (χ4v) is 3.20. The molecule has 27 heavy (non-hydrogen) atoms. The number of benzene rings is 1. The van der Waals surface area contributed by atoms with E-state index in [-0.39, 0.29) is 11.8 Å². The highest BCUT2D eigenvalue weighted by atomic mass is 35.5. The molecule has 4 rings (SSSR count). The van der Waals surface area contributed by atoms with Crippen LogP contribution in [0, 0.1) is 17.8 Å². The normalized spacial score (nSPS) is 16.4. The van der Waals surface area contributed by atoms with Crippen LogP contribution in [0.3, 0.4) is 0 Å². The number of amides is 1. The van der Waals surface area contributed by atoms with Crippen LogP contribution in [0.4, 0.5) is 5.82 Å². The molecule has 1 fully saturated rings. The zero-order chi connectivity index (χ0) is 19.0. The zero-order valence-electron chi connectivity index (χ0n) is 14.6. The Kier molecular flexibility index (Phi) is 4.38. The maximum atomic E-state index is 12.0. The highest BCUT2D eigenvalue weighted by Gasteiger charge is 2.27. The van der Waals surface area contributed by atoms with Gasteiger partial charge < -0.3 is 10.6 Å². The van der Waals surface area contributed by atoms with E-state index in [0.29, 0.717) is 27.6 Å². The fourth-order valence-electron chi connectivity index (χ4n) is 3.01. The van der Waals surface area contributed by atoms with Gasteiger partial charge in [-0.2, -0.15) is 0 Å². The summed E-state index contributed by atoms with van der Waals surface area (Å²) in [6.07, 6.45) is 3.90. The lowest BCUT2D eigenvalue weighted by molar-refractivity contribution is -0.128. The summed E-state index contributed by atoms with van der Waals surface area (Å²) in [5, 5.41) is 1.12. The number of likely N-dealkylation sites (tertiary alicyclic amines) is 1. The third kappa shape index (κ3) is 3.29. The molecule has 134 valence electrons. The molecule has 0 aliphatic carbocycles. The lowest BCUT2D eigenvalue weighted by Crippen LogP contribution is -2.21. The van der Waals surface area contributed by atoms with Crippen molar-refractivity contribution < 1.29 is 4.79 Å². The number of hydrogen-bond acceptors (Lipinski definition) is 5. The maximum Gasteiger partial charge on any atom is 0.237 e. The quantitative estimate of drug-likeness (QED) is 0.659. The Bertz CT molecular complexity index is 1120. The summed E-state index contributed by atoms with van der Waals surface area (Å²) >= 11 is 6.13. The Balaban J connectivity index is 1.68. The summed E-state index contributed by atoms with van der Waals surface area (Å²) in [4.78, 5) is 26.6. The third-order valence-corrected chi connectivity index (χ3v) is 4.85. The van der Waals surface area contributed by atoms with Crippen LogP contribution in [0.1, 0.15) is 12.0 Å². The number of carbonyl (C=O) groups excluding carboxylic acids is 1. The predicted molar refractivity (Wildman–Crippen MR) is 105 cm³/mol. The van der Waals surface area contributed by atoms with E-state index < -0.39 is 0 Å². The van der Waals surface area contributed by atoms with Gasteiger partial charge in [-0.3, -0.25) is 4.79 Å². The van der Waals surface area contributed by atoms with Gasteiger partial charge in [-0.25, -0.2) is 15.0 Å². The van der Waals surface area contributed by atoms with E-state index in [2.05, 4.69) is 26.8 Å². The second-order valence-corrected chi connectivity index (χ2v) is 6.81. The van der Waals surface area contributed by atoms with Crippen molar-refractivity contribution in [1.29, 1.82) is 0 Å². The van der Waals surface area contributed by atoms with Crippen molar-refractivity contribution in [3.8, 4) is 23.2 Å². The monoisotopic (exact) mass is 377 g/mol. The molecule has 0 bridgehead atoms. The number of nitrogens with two attached hydrogens (primary N) is 1. The minimum absolute atomic E-state index is 0.0800. The summed E-state index contributed by atoms with van der Waals surface area (Å²) in [6, 6.07) is 7.57. The van der Waals surface area contributed by atoms with Crippen molar-refractivity contribution in [2.24, 2.45) is 5.92 Å². The fraction of sp³-hybridized carbons (Fsp3) is 0.200. The number of pyridine rings is 1. The molecule has 1 amide bonds. The van der Waals surface area contributed by atoms with Crippen molar-refractivity contribution in [3.05, 3.63) is 47.2 Å². The van der Waals surface area contributed by atoms with Gasteiger partial charge in [0.05, 0.1) is 5.02 Å². The van der Waals surface area contributed by atoms with E-state index in [9.17, 15) is 4.79 Å². The first-order chi connectivity index (χ1) is 13.0. The minimum Gasteiger partial charge on any atom is -0.382 e. The lowest BCUT2D eigenvalue weighted by atomic mass is 10.1. The first-order valence-corrected chi connectivity index (χ1v) is 8.84. The van der Waals surface area contributed by atoms with Crippen molar-refractivity contribution in [1.82, 2.24) is 19.9 Å². The zero-order valence-corrected chi connectivity index (χ0v) is 15.4. The van der Waals surface area contributed by atoms with E-state index >= 15 is 0 Å². The molecular weight excluding hydrogens is 362 g/mol. The molecule has 7 heteroatoms. The number of carbonyl (C=O) groups is 1. The molecule has 1 atom stereocenters. The highest BCUT2D eigenvalue weighted by Crippen LogP contribution is 2.26. The van der Waals surface area contributed by atoms with Gasteiger partial charge in [-0.05, 0) is 18.6 Å². The van der Waals surface area contributed by atoms with E-state index in [1.165, 1.54) is 6.20 Å². The SMILES string of the molecule is CN1CC[C@@H](C#Cc2cccc(-c3ncc4c(Cl)cnc(N)c4n3)c2)C1=O. The Labute approximate surface area is 161 Å². The third-order valence-electron chi connectivity index (χ3n) is 4.54. The topological polar surface area (TPSA) is 85.0 Å². The van der Waals surface area contributed by atoms with Gasteiger partial charge in [-0.1, -0.05) is 35.6 Å². The van der Waals surface area contributed by atoms with E-state index in [4.69, 9.17) is 17.3 Å². The Hall–Kier alpha value is -3.17. The number of anilines is 1.